The molecule has 8 heteroatoms. The van der Waals surface area contributed by atoms with Crippen molar-refractivity contribution in [2.75, 3.05) is 19.7 Å². The Labute approximate surface area is 175 Å². The standard InChI is InChI=1S/C21H31N3O4S/c1-4-6-18(26)28-12-14(25)10-24(9-13(2)3)11-17-22-20(27)19-15-7-5-8-16(15)29-21(19)23-17/h13-14,25H,4-12H2,1-3H3,(H,22,23,27)/t14-/m1/s1. The van der Waals surface area contributed by atoms with Crippen LogP contribution in [0, 0.1) is 5.92 Å². The number of H-pyrrole nitrogens is 1. The molecule has 3 rings (SSSR count). The Morgan fingerprint density at radius 3 is 2.86 bits per heavy atom. The van der Waals surface area contributed by atoms with Gasteiger partial charge in [0.2, 0.25) is 0 Å². The summed E-state index contributed by atoms with van der Waals surface area (Å²) in [6.45, 7) is 7.62. The minimum Gasteiger partial charge on any atom is -0.463 e. The summed E-state index contributed by atoms with van der Waals surface area (Å²) in [4.78, 5) is 36.0. The molecule has 7 nitrogen and oxygen atoms in total. The fourth-order valence-electron chi connectivity index (χ4n) is 3.87. The summed E-state index contributed by atoms with van der Waals surface area (Å²) in [5.74, 6) is 0.702. The third kappa shape index (κ3) is 5.65. The van der Waals surface area contributed by atoms with Gasteiger partial charge < -0.3 is 14.8 Å². The van der Waals surface area contributed by atoms with Crippen molar-refractivity contribution in [3.63, 3.8) is 0 Å². The van der Waals surface area contributed by atoms with Crippen molar-refractivity contribution in [2.24, 2.45) is 5.92 Å². The molecule has 0 spiro atoms. The number of aryl methyl sites for hydroxylation is 2. The van der Waals surface area contributed by atoms with Crippen molar-refractivity contribution in [3.8, 4) is 0 Å². The van der Waals surface area contributed by atoms with E-state index in [1.54, 1.807) is 11.3 Å². The van der Waals surface area contributed by atoms with Crippen LogP contribution in [0.15, 0.2) is 4.79 Å². The van der Waals surface area contributed by atoms with Crippen LogP contribution < -0.4 is 5.56 Å². The van der Waals surface area contributed by atoms with Crippen molar-refractivity contribution in [3.05, 3.63) is 26.6 Å². The van der Waals surface area contributed by atoms with Crippen LogP contribution in [0.2, 0.25) is 0 Å². The van der Waals surface area contributed by atoms with Gasteiger partial charge in [0.05, 0.1) is 11.9 Å². The number of hydrogen-bond acceptors (Lipinski definition) is 7. The molecule has 29 heavy (non-hydrogen) atoms. The zero-order valence-electron chi connectivity index (χ0n) is 17.5. The van der Waals surface area contributed by atoms with Crippen LogP contribution in [-0.4, -0.2) is 51.7 Å². The minimum absolute atomic E-state index is 0.0198. The average molecular weight is 422 g/mol. The molecule has 0 unspecified atom stereocenters. The normalized spacial score (nSPS) is 14.7. The summed E-state index contributed by atoms with van der Waals surface area (Å²) in [5, 5.41) is 11.1. The SMILES string of the molecule is CCCC(=O)OC[C@H](O)CN(Cc1nc2sc3c(c2c(=O)[nH]1)CCC3)CC(C)C. The monoisotopic (exact) mass is 421 g/mol. The Morgan fingerprint density at radius 2 is 2.14 bits per heavy atom. The van der Waals surface area contributed by atoms with Crippen LogP contribution in [0.3, 0.4) is 0 Å². The smallest absolute Gasteiger partial charge is 0.305 e. The molecule has 1 aliphatic carbocycles. The number of carbonyl (C=O) groups is 1. The van der Waals surface area contributed by atoms with Gasteiger partial charge in [-0.1, -0.05) is 20.8 Å². The molecule has 2 heterocycles. The van der Waals surface area contributed by atoms with E-state index < -0.39 is 6.10 Å². The van der Waals surface area contributed by atoms with Gasteiger partial charge in [-0.3, -0.25) is 14.5 Å². The molecule has 2 aromatic rings. The van der Waals surface area contributed by atoms with E-state index in [2.05, 4.69) is 18.8 Å². The van der Waals surface area contributed by atoms with Gasteiger partial charge in [-0.15, -0.1) is 11.3 Å². The van der Waals surface area contributed by atoms with Crippen LogP contribution in [0.1, 0.15) is 56.3 Å². The molecule has 0 aromatic carbocycles. The maximum absolute atomic E-state index is 12.7. The van der Waals surface area contributed by atoms with Crippen molar-refractivity contribution in [1.29, 1.82) is 0 Å². The van der Waals surface area contributed by atoms with Crippen molar-refractivity contribution in [1.82, 2.24) is 14.9 Å². The molecule has 0 aliphatic heterocycles. The van der Waals surface area contributed by atoms with Gasteiger partial charge in [-0.05, 0) is 37.2 Å². The lowest BCUT2D eigenvalue weighted by Crippen LogP contribution is -2.38. The molecule has 160 valence electrons. The van der Waals surface area contributed by atoms with E-state index >= 15 is 0 Å². The second-order valence-corrected chi connectivity index (χ2v) is 9.31. The highest BCUT2D eigenvalue weighted by molar-refractivity contribution is 7.18. The summed E-state index contributed by atoms with van der Waals surface area (Å²) >= 11 is 1.63. The second-order valence-electron chi connectivity index (χ2n) is 8.22. The van der Waals surface area contributed by atoms with Crippen LogP contribution in [0.5, 0.6) is 0 Å². The maximum atomic E-state index is 12.7. The molecule has 0 radical (unpaired) electrons. The van der Waals surface area contributed by atoms with Gasteiger partial charge in [0.15, 0.2) is 0 Å². The molecule has 0 saturated heterocycles. The fourth-order valence-corrected chi connectivity index (χ4v) is 5.15. The van der Waals surface area contributed by atoms with Crippen molar-refractivity contribution in [2.45, 2.75) is 65.5 Å². The van der Waals surface area contributed by atoms with E-state index in [0.717, 1.165) is 42.4 Å². The number of esters is 1. The van der Waals surface area contributed by atoms with E-state index in [4.69, 9.17) is 9.72 Å². The molecule has 0 amide bonds. The van der Waals surface area contributed by atoms with Crippen LogP contribution in [-0.2, 0) is 28.9 Å². The second kappa shape index (κ2) is 9.82. The third-order valence-electron chi connectivity index (χ3n) is 4.98. The van der Waals surface area contributed by atoms with E-state index in [1.807, 2.05) is 11.8 Å². The molecule has 0 saturated carbocycles. The maximum Gasteiger partial charge on any atom is 0.305 e. The van der Waals surface area contributed by atoms with Gasteiger partial charge in [-0.2, -0.15) is 0 Å². The van der Waals surface area contributed by atoms with E-state index in [0.29, 0.717) is 31.3 Å². The number of fused-ring (bicyclic) bond motifs is 3. The first-order valence-electron chi connectivity index (χ1n) is 10.5. The minimum atomic E-state index is -0.782. The molecule has 0 bridgehead atoms. The zero-order chi connectivity index (χ0) is 21.0. The van der Waals surface area contributed by atoms with Gasteiger partial charge in [0.1, 0.15) is 23.4 Å². The number of aliphatic hydroxyl groups excluding tert-OH is 1. The summed E-state index contributed by atoms with van der Waals surface area (Å²) < 4.78 is 5.12. The summed E-state index contributed by atoms with van der Waals surface area (Å²) in [6, 6.07) is 0. The molecule has 1 aliphatic rings. The molecular formula is C21H31N3O4S. The Bertz CT molecular complexity index is 905. The number of ether oxygens (including phenoxy) is 1. The third-order valence-corrected chi connectivity index (χ3v) is 6.17. The van der Waals surface area contributed by atoms with Crippen LogP contribution in [0.4, 0.5) is 0 Å². The topological polar surface area (TPSA) is 95.5 Å². The predicted octanol–water partition coefficient (Wildman–Crippen LogP) is 2.64. The first-order valence-corrected chi connectivity index (χ1v) is 11.3. The number of nitrogens with zero attached hydrogens (tertiary/aromatic N) is 2. The Morgan fingerprint density at radius 1 is 1.34 bits per heavy atom. The molecule has 0 fully saturated rings. The van der Waals surface area contributed by atoms with Gasteiger partial charge in [0, 0.05) is 24.4 Å². The number of rotatable bonds is 10. The fraction of sp³-hybridized carbons (Fsp3) is 0.667. The highest BCUT2D eigenvalue weighted by Crippen LogP contribution is 2.34. The largest absolute Gasteiger partial charge is 0.463 e. The number of hydrogen-bond donors (Lipinski definition) is 2. The van der Waals surface area contributed by atoms with E-state index in [9.17, 15) is 14.7 Å². The number of aromatic amines is 1. The molecule has 2 N–H and O–H groups in total. The Hall–Kier alpha value is -1.77. The van der Waals surface area contributed by atoms with Crippen LogP contribution >= 0.6 is 11.3 Å². The average Bonchev–Trinajstić information content (AvgIpc) is 3.20. The number of thiophene rings is 1. The highest BCUT2D eigenvalue weighted by Gasteiger charge is 2.22. The number of carbonyl (C=O) groups excluding carboxylic acids is 1. The van der Waals surface area contributed by atoms with Gasteiger partial charge in [0.25, 0.3) is 5.56 Å². The lowest BCUT2D eigenvalue weighted by atomic mass is 10.2. The highest BCUT2D eigenvalue weighted by atomic mass is 32.1. The lowest BCUT2D eigenvalue weighted by Gasteiger charge is -2.26. The number of nitrogens with one attached hydrogen (secondary N) is 1. The van der Waals surface area contributed by atoms with E-state index in [1.165, 1.54) is 10.4 Å². The molecule has 1 atom stereocenters. The quantitative estimate of drug-likeness (QED) is 0.573. The lowest BCUT2D eigenvalue weighted by molar-refractivity contribution is -0.147. The summed E-state index contributed by atoms with van der Waals surface area (Å²) in [7, 11) is 0. The first-order chi connectivity index (χ1) is 13.9. The number of aliphatic hydroxyl groups is 1. The summed E-state index contributed by atoms with van der Waals surface area (Å²) in [6.07, 6.45) is 3.41. The van der Waals surface area contributed by atoms with Gasteiger partial charge in [-0.25, -0.2) is 4.98 Å². The van der Waals surface area contributed by atoms with Crippen LogP contribution in [0.25, 0.3) is 10.2 Å². The summed E-state index contributed by atoms with van der Waals surface area (Å²) in [5.41, 5.74) is 1.11. The zero-order valence-corrected chi connectivity index (χ0v) is 18.3. The van der Waals surface area contributed by atoms with Crippen molar-refractivity contribution >= 4 is 27.5 Å². The Kier molecular flexibility index (Phi) is 7.43. The first kappa shape index (κ1) is 21.9. The molecule has 2 aromatic heterocycles. The van der Waals surface area contributed by atoms with Gasteiger partial charge >= 0.3 is 5.97 Å². The number of aromatic nitrogens is 2. The van der Waals surface area contributed by atoms with Crippen molar-refractivity contribution < 1.29 is 14.6 Å². The van der Waals surface area contributed by atoms with E-state index in [-0.39, 0.29) is 18.1 Å². The molecular weight excluding hydrogens is 390 g/mol. The predicted molar refractivity (Wildman–Crippen MR) is 114 cm³/mol. The Balaban J connectivity index is 1.69.